The summed E-state index contributed by atoms with van der Waals surface area (Å²) in [5.41, 5.74) is 4.20. The summed E-state index contributed by atoms with van der Waals surface area (Å²) in [6.45, 7) is 3.20. The number of morpholine rings is 1. The van der Waals surface area contributed by atoms with Crippen LogP contribution in [0.15, 0.2) is 65.6 Å². The molecule has 1 aliphatic heterocycles. The molecule has 0 saturated carbocycles. The van der Waals surface area contributed by atoms with Gasteiger partial charge in [0.15, 0.2) is 0 Å². The van der Waals surface area contributed by atoms with Crippen molar-refractivity contribution in [2.45, 2.75) is 24.7 Å². The van der Waals surface area contributed by atoms with Crippen molar-refractivity contribution in [2.24, 2.45) is 0 Å². The van der Waals surface area contributed by atoms with Gasteiger partial charge >= 0.3 is 0 Å². The summed E-state index contributed by atoms with van der Waals surface area (Å²) in [5, 5.41) is 2.83. The van der Waals surface area contributed by atoms with Gasteiger partial charge in [0.05, 0.1) is 18.1 Å². The topological polar surface area (TPSA) is 91.5 Å². The molecule has 0 atom stereocenters. The average molecular weight is 454 g/mol. The molecule has 7 nitrogen and oxygen atoms in total. The van der Waals surface area contributed by atoms with Crippen molar-refractivity contribution < 1.29 is 17.9 Å². The van der Waals surface area contributed by atoms with Crippen molar-refractivity contribution in [2.75, 3.05) is 31.6 Å². The van der Waals surface area contributed by atoms with Crippen molar-refractivity contribution in [3.05, 3.63) is 71.9 Å². The van der Waals surface area contributed by atoms with E-state index in [-0.39, 0.29) is 17.2 Å². The summed E-state index contributed by atoms with van der Waals surface area (Å²) in [6, 6.07) is 19.0. The minimum absolute atomic E-state index is 0.167. The largest absolute Gasteiger partial charge is 0.379 e. The number of aryl methyl sites for hydroxylation is 2. The molecule has 0 spiro atoms. The van der Waals surface area contributed by atoms with Gasteiger partial charge in [0, 0.05) is 36.6 Å². The van der Waals surface area contributed by atoms with E-state index in [1.807, 2.05) is 42.5 Å². The fourth-order valence-electron chi connectivity index (χ4n) is 3.73. The Hall–Kier alpha value is -2.94. The molecule has 1 aromatic heterocycles. The molecule has 168 valence electrons. The van der Waals surface area contributed by atoms with Crippen molar-refractivity contribution >= 4 is 21.6 Å². The number of ether oxygens (including phenoxy) is 1. The first-order valence-electron chi connectivity index (χ1n) is 10.7. The highest BCUT2D eigenvalue weighted by Gasteiger charge is 2.28. The van der Waals surface area contributed by atoms with Crippen molar-refractivity contribution in [3.63, 3.8) is 0 Å². The number of carbonyl (C=O) groups excluding carboxylic acids is 1. The quantitative estimate of drug-likeness (QED) is 0.572. The lowest BCUT2D eigenvalue weighted by Crippen LogP contribution is -2.40. The Kier molecular flexibility index (Phi) is 6.74. The number of sulfonamides is 1. The van der Waals surface area contributed by atoms with Gasteiger partial charge in [-0.15, -0.1) is 0 Å². The van der Waals surface area contributed by atoms with Crippen LogP contribution in [0.3, 0.4) is 0 Å². The molecule has 2 heterocycles. The van der Waals surface area contributed by atoms with Crippen molar-refractivity contribution in [3.8, 4) is 11.3 Å². The second-order valence-electron chi connectivity index (χ2n) is 7.81. The Morgan fingerprint density at radius 2 is 1.81 bits per heavy atom. The normalized spacial score (nSPS) is 14.9. The maximum atomic E-state index is 13.0. The lowest BCUT2D eigenvalue weighted by Gasteiger charge is -2.26. The first-order valence-corrected chi connectivity index (χ1v) is 12.1. The zero-order valence-corrected chi connectivity index (χ0v) is 18.8. The molecule has 1 amide bonds. The molecule has 32 heavy (non-hydrogen) atoms. The van der Waals surface area contributed by atoms with Crippen LogP contribution in [-0.2, 0) is 26.0 Å². The van der Waals surface area contributed by atoms with Crippen LogP contribution in [0.5, 0.6) is 0 Å². The summed E-state index contributed by atoms with van der Waals surface area (Å²) in [5.74, 6) is -0.167. The third kappa shape index (κ3) is 5.09. The van der Waals surface area contributed by atoms with Gasteiger partial charge in [-0.25, -0.2) is 8.42 Å². The van der Waals surface area contributed by atoms with E-state index < -0.39 is 10.0 Å². The van der Waals surface area contributed by atoms with Gasteiger partial charge in [0.2, 0.25) is 15.9 Å². The minimum Gasteiger partial charge on any atom is -0.379 e. The molecule has 1 fully saturated rings. The zero-order valence-electron chi connectivity index (χ0n) is 18.0. The zero-order chi connectivity index (χ0) is 22.6. The number of aromatic amines is 1. The van der Waals surface area contributed by atoms with Gasteiger partial charge in [-0.2, -0.15) is 4.31 Å². The van der Waals surface area contributed by atoms with Gasteiger partial charge in [-0.05, 0) is 48.7 Å². The molecule has 2 aromatic carbocycles. The second-order valence-corrected chi connectivity index (χ2v) is 9.71. The highest BCUT2D eigenvalue weighted by atomic mass is 32.2. The molecule has 4 rings (SSSR count). The van der Waals surface area contributed by atoms with E-state index in [0.717, 1.165) is 17.0 Å². The molecule has 0 unspecified atom stereocenters. The summed E-state index contributed by atoms with van der Waals surface area (Å²) in [4.78, 5) is 16.1. The number of nitrogens with zero attached hydrogens (tertiary/aromatic N) is 1. The third-order valence-corrected chi connectivity index (χ3v) is 7.55. The number of H-pyrrole nitrogens is 1. The first kappa shape index (κ1) is 22.3. The third-order valence-electron chi connectivity index (χ3n) is 5.51. The Bertz CT molecular complexity index is 1180. The van der Waals surface area contributed by atoms with E-state index in [1.165, 1.54) is 4.31 Å². The standard InChI is InChI=1S/C24H27N3O4S/c1-18-7-8-21(17-23(18)32(29,30)27-13-15-31-16-14-27)26-24(28)12-10-20-9-11-22(25-20)19-5-3-2-4-6-19/h2-9,11,17,25H,10,12-16H2,1H3,(H,26,28). The van der Waals surface area contributed by atoms with E-state index in [2.05, 4.69) is 10.3 Å². The van der Waals surface area contributed by atoms with Gasteiger partial charge in [-0.3, -0.25) is 4.79 Å². The molecule has 3 aromatic rings. The van der Waals surface area contributed by atoms with Crippen LogP contribution in [0.4, 0.5) is 5.69 Å². The number of amides is 1. The number of aromatic nitrogens is 1. The number of hydrogen-bond acceptors (Lipinski definition) is 4. The predicted octanol–water partition coefficient (Wildman–Crippen LogP) is 3.58. The molecule has 1 aliphatic rings. The van der Waals surface area contributed by atoms with E-state index >= 15 is 0 Å². The van der Waals surface area contributed by atoms with Crippen LogP contribution in [0, 0.1) is 6.92 Å². The molecular formula is C24H27N3O4S. The van der Waals surface area contributed by atoms with E-state index in [0.29, 0.717) is 44.0 Å². The monoisotopic (exact) mass is 453 g/mol. The Morgan fingerprint density at radius 3 is 2.56 bits per heavy atom. The number of nitrogens with one attached hydrogen (secondary N) is 2. The van der Waals surface area contributed by atoms with E-state index in [9.17, 15) is 13.2 Å². The maximum absolute atomic E-state index is 13.0. The highest BCUT2D eigenvalue weighted by molar-refractivity contribution is 7.89. The Labute approximate surface area is 188 Å². The molecule has 1 saturated heterocycles. The summed E-state index contributed by atoms with van der Waals surface area (Å²) < 4.78 is 32.8. The average Bonchev–Trinajstić information content (AvgIpc) is 3.29. The molecule has 0 radical (unpaired) electrons. The number of carbonyl (C=O) groups is 1. The van der Waals surface area contributed by atoms with Crippen LogP contribution in [0.2, 0.25) is 0 Å². The molecular weight excluding hydrogens is 426 g/mol. The molecule has 0 bridgehead atoms. The van der Waals surface area contributed by atoms with Gasteiger partial charge in [-0.1, -0.05) is 36.4 Å². The van der Waals surface area contributed by atoms with Crippen molar-refractivity contribution in [1.29, 1.82) is 0 Å². The SMILES string of the molecule is Cc1ccc(NC(=O)CCc2ccc(-c3ccccc3)[nH]2)cc1S(=O)(=O)N1CCOCC1. The van der Waals surface area contributed by atoms with E-state index in [1.54, 1.807) is 25.1 Å². The van der Waals surface area contributed by atoms with Crippen LogP contribution >= 0.6 is 0 Å². The van der Waals surface area contributed by atoms with Gasteiger partial charge in [0.25, 0.3) is 0 Å². The molecule has 8 heteroatoms. The second kappa shape index (κ2) is 9.68. The number of anilines is 1. The fraction of sp³-hybridized carbons (Fsp3) is 0.292. The highest BCUT2D eigenvalue weighted by Crippen LogP contribution is 2.25. The van der Waals surface area contributed by atoms with Gasteiger partial charge in [0.1, 0.15) is 0 Å². The van der Waals surface area contributed by atoms with Crippen LogP contribution in [0.1, 0.15) is 17.7 Å². The smallest absolute Gasteiger partial charge is 0.243 e. The molecule has 0 aliphatic carbocycles. The number of rotatable bonds is 7. The first-order chi connectivity index (χ1) is 15.4. The number of benzene rings is 2. The lowest BCUT2D eigenvalue weighted by atomic mass is 10.2. The van der Waals surface area contributed by atoms with Crippen molar-refractivity contribution in [1.82, 2.24) is 9.29 Å². The van der Waals surface area contributed by atoms with E-state index in [4.69, 9.17) is 4.74 Å². The minimum atomic E-state index is -3.63. The fourth-order valence-corrected chi connectivity index (χ4v) is 5.38. The van der Waals surface area contributed by atoms with Crippen LogP contribution in [-0.4, -0.2) is 49.9 Å². The van der Waals surface area contributed by atoms with Gasteiger partial charge < -0.3 is 15.0 Å². The summed E-state index contributed by atoms with van der Waals surface area (Å²) in [7, 11) is -3.63. The summed E-state index contributed by atoms with van der Waals surface area (Å²) in [6.07, 6.45) is 0.845. The van der Waals surface area contributed by atoms with Crippen LogP contribution < -0.4 is 5.32 Å². The Morgan fingerprint density at radius 1 is 1.06 bits per heavy atom. The maximum Gasteiger partial charge on any atom is 0.243 e. The predicted molar refractivity (Wildman–Crippen MR) is 124 cm³/mol. The number of hydrogen-bond donors (Lipinski definition) is 2. The lowest BCUT2D eigenvalue weighted by molar-refractivity contribution is -0.116. The van der Waals surface area contributed by atoms with Crippen LogP contribution in [0.25, 0.3) is 11.3 Å². The molecule has 2 N–H and O–H groups in total. The summed E-state index contributed by atoms with van der Waals surface area (Å²) >= 11 is 0. The Balaban J connectivity index is 1.39.